The Bertz CT molecular complexity index is 900. The van der Waals surface area contributed by atoms with Crippen LogP contribution in [0.3, 0.4) is 0 Å². The van der Waals surface area contributed by atoms with Gasteiger partial charge in [-0.25, -0.2) is 0 Å². The summed E-state index contributed by atoms with van der Waals surface area (Å²) in [5, 5.41) is 11.0. The van der Waals surface area contributed by atoms with E-state index >= 15 is 0 Å². The number of halogens is 1. The highest BCUT2D eigenvalue weighted by molar-refractivity contribution is 5.85. The number of para-hydroxylation sites is 1. The molecule has 4 rings (SSSR count). The van der Waals surface area contributed by atoms with Crippen molar-refractivity contribution in [2.24, 2.45) is 0 Å². The molecule has 2 aromatic carbocycles. The van der Waals surface area contributed by atoms with Crippen molar-refractivity contribution in [1.82, 2.24) is 20.4 Å². The van der Waals surface area contributed by atoms with Crippen molar-refractivity contribution in [1.29, 1.82) is 0 Å². The second kappa shape index (κ2) is 9.05. The fraction of sp³-hybridized carbons (Fsp3) is 0.300. The first kappa shape index (κ1) is 20.1. The number of aromatic nitrogens is 2. The van der Waals surface area contributed by atoms with Crippen molar-refractivity contribution >= 4 is 23.8 Å². The number of nitrogens with one attached hydrogen (secondary N) is 2. The number of benzene rings is 2. The molecule has 0 amide bonds. The predicted octanol–water partition coefficient (Wildman–Crippen LogP) is 3.49. The summed E-state index contributed by atoms with van der Waals surface area (Å²) in [6, 6.07) is 15.8. The Hall–Kier alpha value is -2.61. The molecule has 0 bridgehead atoms. The number of hydrogen-bond acceptors (Lipinski definition) is 7. The third kappa shape index (κ3) is 4.27. The zero-order valence-electron chi connectivity index (χ0n) is 15.9. The van der Waals surface area contributed by atoms with Crippen molar-refractivity contribution in [3.63, 3.8) is 0 Å². The van der Waals surface area contributed by atoms with Gasteiger partial charge in [-0.3, -0.25) is 4.90 Å². The van der Waals surface area contributed by atoms with Crippen molar-refractivity contribution in [3.05, 3.63) is 54.4 Å². The van der Waals surface area contributed by atoms with Gasteiger partial charge in [0.15, 0.2) is 5.82 Å². The van der Waals surface area contributed by atoms with Gasteiger partial charge in [-0.1, -0.05) is 17.3 Å². The fourth-order valence-electron chi connectivity index (χ4n) is 3.18. The zero-order valence-corrected chi connectivity index (χ0v) is 16.7. The number of methoxy groups -OCH3 is 1. The third-order valence-corrected chi connectivity index (χ3v) is 4.78. The van der Waals surface area contributed by atoms with Crippen LogP contribution in [0.4, 0.5) is 11.4 Å². The topological polar surface area (TPSA) is 75.5 Å². The van der Waals surface area contributed by atoms with Gasteiger partial charge in [-0.05, 0) is 43.4 Å². The summed E-state index contributed by atoms with van der Waals surface area (Å²) in [6.45, 7) is 2.76. The zero-order chi connectivity index (χ0) is 18.6. The van der Waals surface area contributed by atoms with Crippen LogP contribution >= 0.6 is 12.4 Å². The Morgan fingerprint density at radius 2 is 1.96 bits per heavy atom. The number of piperazine rings is 1. The molecule has 0 spiro atoms. The molecule has 2 N–H and O–H groups in total. The Balaban J connectivity index is 0.00000225. The highest BCUT2D eigenvalue weighted by atomic mass is 35.5. The molecule has 1 aromatic heterocycles. The van der Waals surface area contributed by atoms with Gasteiger partial charge in [-0.15, -0.1) is 12.4 Å². The van der Waals surface area contributed by atoms with E-state index in [1.807, 2.05) is 48.5 Å². The lowest BCUT2D eigenvalue weighted by molar-refractivity contribution is 0.190. The summed E-state index contributed by atoms with van der Waals surface area (Å²) < 4.78 is 10.8. The Morgan fingerprint density at radius 3 is 2.71 bits per heavy atom. The minimum Gasteiger partial charge on any atom is -0.497 e. The van der Waals surface area contributed by atoms with Gasteiger partial charge >= 0.3 is 0 Å². The SMILES string of the molecule is COc1ccc(Nc2ccccc2-c2nc(C3CNCCN3C)no2)cc1.Cl. The third-order valence-electron chi connectivity index (χ3n) is 4.78. The van der Waals surface area contributed by atoms with E-state index in [1.165, 1.54) is 0 Å². The first-order chi connectivity index (χ1) is 13.2. The summed E-state index contributed by atoms with van der Waals surface area (Å²) in [6.07, 6.45) is 0. The van der Waals surface area contributed by atoms with Crippen LogP contribution in [0.15, 0.2) is 53.1 Å². The van der Waals surface area contributed by atoms with E-state index in [9.17, 15) is 0 Å². The van der Waals surface area contributed by atoms with E-state index in [1.54, 1.807) is 7.11 Å². The monoisotopic (exact) mass is 401 g/mol. The number of hydrogen-bond donors (Lipinski definition) is 2. The molecule has 0 aliphatic carbocycles. The van der Waals surface area contributed by atoms with E-state index in [0.717, 1.165) is 42.3 Å². The fourth-order valence-corrected chi connectivity index (χ4v) is 3.18. The molecule has 1 saturated heterocycles. The maximum atomic E-state index is 5.59. The second-order valence-electron chi connectivity index (χ2n) is 6.56. The molecule has 1 fully saturated rings. The van der Waals surface area contributed by atoms with Crippen molar-refractivity contribution in [2.45, 2.75) is 6.04 Å². The van der Waals surface area contributed by atoms with E-state index in [4.69, 9.17) is 9.26 Å². The van der Waals surface area contributed by atoms with E-state index < -0.39 is 0 Å². The maximum absolute atomic E-state index is 5.59. The summed E-state index contributed by atoms with van der Waals surface area (Å²) in [4.78, 5) is 6.91. The highest BCUT2D eigenvalue weighted by Gasteiger charge is 2.26. The normalized spacial score (nSPS) is 17.0. The van der Waals surface area contributed by atoms with Crippen molar-refractivity contribution < 1.29 is 9.26 Å². The minimum atomic E-state index is 0. The quantitative estimate of drug-likeness (QED) is 0.677. The molecule has 148 valence electrons. The molecule has 1 aliphatic heterocycles. The van der Waals surface area contributed by atoms with Gasteiger partial charge in [0.25, 0.3) is 5.89 Å². The number of nitrogens with zero attached hydrogens (tertiary/aromatic N) is 3. The lowest BCUT2D eigenvalue weighted by Gasteiger charge is -2.30. The van der Waals surface area contributed by atoms with Crippen LogP contribution in [-0.4, -0.2) is 48.8 Å². The number of likely N-dealkylation sites (N-methyl/N-ethyl adjacent to an activating group) is 1. The van der Waals surface area contributed by atoms with Crippen LogP contribution in [0.2, 0.25) is 0 Å². The molecule has 1 aliphatic rings. The lowest BCUT2D eigenvalue weighted by atomic mass is 10.1. The van der Waals surface area contributed by atoms with Gasteiger partial charge in [0.1, 0.15) is 5.75 Å². The van der Waals surface area contributed by atoms with Crippen molar-refractivity contribution in [2.75, 3.05) is 39.1 Å². The maximum Gasteiger partial charge on any atom is 0.260 e. The minimum absolute atomic E-state index is 0. The first-order valence-corrected chi connectivity index (χ1v) is 8.99. The molecular formula is C20H24ClN5O2. The summed E-state index contributed by atoms with van der Waals surface area (Å²) in [5.41, 5.74) is 2.74. The average Bonchev–Trinajstić information content (AvgIpc) is 3.19. The highest BCUT2D eigenvalue weighted by Crippen LogP contribution is 2.31. The first-order valence-electron chi connectivity index (χ1n) is 8.99. The summed E-state index contributed by atoms with van der Waals surface area (Å²) in [5.74, 6) is 2.04. The second-order valence-corrected chi connectivity index (χ2v) is 6.56. The molecule has 1 unspecified atom stereocenters. The van der Waals surface area contributed by atoms with Crippen LogP contribution in [0.25, 0.3) is 11.5 Å². The van der Waals surface area contributed by atoms with Gasteiger partial charge in [-0.2, -0.15) is 4.98 Å². The molecule has 2 heterocycles. The van der Waals surface area contributed by atoms with Crippen LogP contribution in [-0.2, 0) is 0 Å². The summed E-state index contributed by atoms with van der Waals surface area (Å²) >= 11 is 0. The molecule has 0 radical (unpaired) electrons. The molecule has 8 heteroatoms. The Morgan fingerprint density at radius 1 is 1.18 bits per heavy atom. The average molecular weight is 402 g/mol. The van der Waals surface area contributed by atoms with Gasteiger partial charge < -0.3 is 19.9 Å². The van der Waals surface area contributed by atoms with Crippen LogP contribution < -0.4 is 15.4 Å². The van der Waals surface area contributed by atoms with Crippen LogP contribution in [0, 0.1) is 0 Å². The molecular weight excluding hydrogens is 378 g/mol. The van der Waals surface area contributed by atoms with E-state index in [2.05, 4.69) is 32.7 Å². The standard InChI is InChI=1S/C20H23N5O2.ClH/c1-25-12-11-21-13-18(25)19-23-20(27-24-19)16-5-3-4-6-17(16)22-14-7-9-15(26-2)10-8-14;/h3-10,18,21-22H,11-13H2,1-2H3;1H. The number of ether oxygens (including phenoxy) is 1. The van der Waals surface area contributed by atoms with E-state index in [-0.39, 0.29) is 18.4 Å². The van der Waals surface area contributed by atoms with Crippen molar-refractivity contribution in [3.8, 4) is 17.2 Å². The Kier molecular flexibility index (Phi) is 6.51. The van der Waals surface area contributed by atoms with E-state index in [0.29, 0.717) is 11.7 Å². The van der Waals surface area contributed by atoms with Gasteiger partial charge in [0.05, 0.1) is 24.4 Å². The Labute approximate surface area is 170 Å². The van der Waals surface area contributed by atoms with Crippen LogP contribution in [0.5, 0.6) is 5.75 Å². The van der Waals surface area contributed by atoms with Gasteiger partial charge in [0.2, 0.25) is 0 Å². The van der Waals surface area contributed by atoms with Gasteiger partial charge in [0, 0.05) is 25.3 Å². The molecule has 3 aromatic rings. The molecule has 28 heavy (non-hydrogen) atoms. The molecule has 0 saturated carbocycles. The largest absolute Gasteiger partial charge is 0.497 e. The predicted molar refractivity (Wildman–Crippen MR) is 111 cm³/mol. The lowest BCUT2D eigenvalue weighted by Crippen LogP contribution is -2.44. The van der Waals surface area contributed by atoms with Crippen LogP contribution in [0.1, 0.15) is 11.9 Å². The number of anilines is 2. The molecule has 7 nitrogen and oxygen atoms in total. The molecule has 1 atom stereocenters. The summed E-state index contributed by atoms with van der Waals surface area (Å²) in [7, 11) is 3.74. The number of rotatable bonds is 5. The smallest absolute Gasteiger partial charge is 0.260 e.